The second kappa shape index (κ2) is 10.2. The van der Waals surface area contributed by atoms with Crippen LogP contribution in [0.3, 0.4) is 0 Å². The van der Waals surface area contributed by atoms with Crippen molar-refractivity contribution in [2.75, 3.05) is 19.0 Å². The third-order valence-corrected chi connectivity index (χ3v) is 3.97. The topological polar surface area (TPSA) is 111 Å². The van der Waals surface area contributed by atoms with Gasteiger partial charge in [-0.2, -0.15) is 0 Å². The number of esters is 1. The zero-order valence-corrected chi connectivity index (χ0v) is 16.5. The molecule has 0 aromatic heterocycles. The minimum absolute atomic E-state index is 0.293. The van der Waals surface area contributed by atoms with Crippen LogP contribution in [0.2, 0.25) is 5.02 Å². The fourth-order valence-electron chi connectivity index (χ4n) is 2.26. The van der Waals surface area contributed by atoms with Gasteiger partial charge in [0, 0.05) is 23.2 Å². The predicted octanol–water partition coefficient (Wildman–Crippen LogP) is 2.22. The lowest BCUT2D eigenvalue weighted by Crippen LogP contribution is -2.49. The third-order valence-electron chi connectivity index (χ3n) is 3.71. The Hall–Kier alpha value is -3.39. The molecule has 2 rings (SSSR count). The summed E-state index contributed by atoms with van der Waals surface area (Å²) in [6, 6.07) is 10.8. The molecule has 8 nitrogen and oxygen atoms in total. The molecule has 9 heteroatoms. The fraction of sp³-hybridized carbons (Fsp3) is 0.200. The maximum absolute atomic E-state index is 12.4. The summed E-state index contributed by atoms with van der Waals surface area (Å²) < 4.78 is 9.96. The number of carbonyl (C=O) groups excluding carboxylic acids is 4. The second-order valence-electron chi connectivity index (χ2n) is 5.89. The maximum atomic E-state index is 12.4. The monoisotopic (exact) mass is 418 g/mol. The molecule has 2 aromatic carbocycles. The Balaban J connectivity index is 2.02. The molecule has 29 heavy (non-hydrogen) atoms. The summed E-state index contributed by atoms with van der Waals surface area (Å²) in [6.07, 6.45) is 0. The van der Waals surface area contributed by atoms with Crippen LogP contribution >= 0.6 is 11.6 Å². The van der Waals surface area contributed by atoms with E-state index in [1.54, 1.807) is 24.3 Å². The first kappa shape index (κ1) is 21.9. The molecule has 0 aliphatic carbocycles. The Labute approximate surface area is 172 Å². The van der Waals surface area contributed by atoms with Crippen LogP contribution in [0.1, 0.15) is 17.3 Å². The quantitative estimate of drug-likeness (QED) is 0.386. The fourth-order valence-corrected chi connectivity index (χ4v) is 2.39. The van der Waals surface area contributed by atoms with Gasteiger partial charge in [0.2, 0.25) is 11.9 Å². The Bertz CT molecular complexity index is 896. The lowest BCUT2D eigenvalue weighted by molar-refractivity contribution is -0.149. The van der Waals surface area contributed by atoms with E-state index in [9.17, 15) is 19.2 Å². The standard InChI is InChI=1S/C20H19ClN2O6/c1-12(24)22-18(19(26)23-15-7-9-16(28-2)10-8-15)20(27)29-11-17(25)13-3-5-14(21)6-4-13/h3-10,18H,11H2,1-2H3,(H,22,24)(H,23,26)/t18-/m0/s1. The van der Waals surface area contributed by atoms with Gasteiger partial charge >= 0.3 is 5.97 Å². The van der Waals surface area contributed by atoms with Crippen LogP contribution in [0.25, 0.3) is 0 Å². The highest BCUT2D eigenvalue weighted by Gasteiger charge is 2.30. The van der Waals surface area contributed by atoms with Crippen LogP contribution in [-0.4, -0.2) is 43.3 Å². The SMILES string of the molecule is COc1ccc(NC(=O)[C@H](NC(C)=O)C(=O)OCC(=O)c2ccc(Cl)cc2)cc1. The number of Topliss-reactive ketones (excluding diaryl/α,β-unsaturated/α-hetero) is 1. The number of benzene rings is 2. The second-order valence-corrected chi connectivity index (χ2v) is 6.33. The first-order valence-electron chi connectivity index (χ1n) is 8.47. The van der Waals surface area contributed by atoms with Crippen LogP contribution in [-0.2, 0) is 19.1 Å². The lowest BCUT2D eigenvalue weighted by atomic mass is 10.1. The highest BCUT2D eigenvalue weighted by Crippen LogP contribution is 2.15. The van der Waals surface area contributed by atoms with Crippen molar-refractivity contribution in [2.45, 2.75) is 13.0 Å². The number of hydrogen-bond donors (Lipinski definition) is 2. The van der Waals surface area contributed by atoms with E-state index in [-0.39, 0.29) is 0 Å². The molecule has 0 bridgehead atoms. The Morgan fingerprint density at radius 1 is 1.00 bits per heavy atom. The van der Waals surface area contributed by atoms with E-state index in [1.807, 2.05) is 0 Å². The molecule has 0 unspecified atom stereocenters. The largest absolute Gasteiger partial charge is 0.497 e. The van der Waals surface area contributed by atoms with E-state index >= 15 is 0 Å². The van der Waals surface area contributed by atoms with E-state index in [0.29, 0.717) is 22.0 Å². The van der Waals surface area contributed by atoms with Crippen molar-refractivity contribution in [3.8, 4) is 5.75 Å². The molecular weight excluding hydrogens is 400 g/mol. The molecule has 0 fully saturated rings. The van der Waals surface area contributed by atoms with E-state index in [4.69, 9.17) is 21.1 Å². The maximum Gasteiger partial charge on any atom is 0.339 e. The Kier molecular flexibility index (Phi) is 7.73. The zero-order chi connectivity index (χ0) is 21.4. The molecule has 152 valence electrons. The Morgan fingerprint density at radius 3 is 2.17 bits per heavy atom. The summed E-state index contributed by atoms with van der Waals surface area (Å²) in [5.74, 6) is -2.38. The van der Waals surface area contributed by atoms with Gasteiger partial charge in [-0.1, -0.05) is 11.6 Å². The molecule has 0 aliphatic rings. The molecule has 2 N–H and O–H groups in total. The molecule has 2 aromatic rings. The summed E-state index contributed by atoms with van der Waals surface area (Å²) in [5.41, 5.74) is 0.678. The molecule has 0 spiro atoms. The van der Waals surface area contributed by atoms with Crippen molar-refractivity contribution in [1.82, 2.24) is 5.32 Å². The van der Waals surface area contributed by atoms with Crippen LogP contribution in [0.4, 0.5) is 5.69 Å². The van der Waals surface area contributed by atoms with Gasteiger partial charge in [0.25, 0.3) is 5.91 Å². The first-order chi connectivity index (χ1) is 13.8. The van der Waals surface area contributed by atoms with Crippen molar-refractivity contribution < 1.29 is 28.7 Å². The van der Waals surface area contributed by atoms with Crippen molar-refractivity contribution in [3.05, 3.63) is 59.1 Å². The van der Waals surface area contributed by atoms with Gasteiger partial charge in [0.1, 0.15) is 5.75 Å². The smallest absolute Gasteiger partial charge is 0.339 e. The number of ether oxygens (including phenoxy) is 2. The zero-order valence-electron chi connectivity index (χ0n) is 15.7. The van der Waals surface area contributed by atoms with Gasteiger partial charge in [0.05, 0.1) is 7.11 Å². The van der Waals surface area contributed by atoms with E-state index in [2.05, 4.69) is 10.6 Å². The van der Waals surface area contributed by atoms with Gasteiger partial charge < -0.3 is 20.1 Å². The van der Waals surface area contributed by atoms with E-state index in [1.165, 1.54) is 31.4 Å². The first-order valence-corrected chi connectivity index (χ1v) is 8.85. The molecule has 0 saturated heterocycles. The number of anilines is 1. The van der Waals surface area contributed by atoms with Crippen LogP contribution in [0.15, 0.2) is 48.5 Å². The third kappa shape index (κ3) is 6.62. The van der Waals surface area contributed by atoms with Crippen LogP contribution < -0.4 is 15.4 Å². The number of rotatable bonds is 8. The minimum atomic E-state index is -1.62. The number of carbonyl (C=O) groups is 4. The summed E-state index contributed by atoms with van der Waals surface area (Å²) in [6.45, 7) is 0.562. The molecule has 2 amide bonds. The number of hydrogen-bond acceptors (Lipinski definition) is 6. The Morgan fingerprint density at radius 2 is 1.62 bits per heavy atom. The number of methoxy groups -OCH3 is 1. The summed E-state index contributed by atoms with van der Waals surface area (Å²) in [5, 5.41) is 5.17. The summed E-state index contributed by atoms with van der Waals surface area (Å²) in [7, 11) is 1.50. The molecule has 0 aliphatic heterocycles. The molecule has 0 saturated carbocycles. The van der Waals surface area contributed by atoms with Gasteiger partial charge in [-0.3, -0.25) is 14.4 Å². The van der Waals surface area contributed by atoms with Crippen LogP contribution in [0, 0.1) is 0 Å². The van der Waals surface area contributed by atoms with E-state index in [0.717, 1.165) is 6.92 Å². The molecule has 0 heterocycles. The molecule has 1 atom stereocenters. The van der Waals surface area contributed by atoms with Gasteiger partial charge in [-0.15, -0.1) is 0 Å². The normalized spacial score (nSPS) is 11.1. The number of amides is 2. The molecular formula is C20H19ClN2O6. The predicted molar refractivity (Wildman–Crippen MR) is 106 cm³/mol. The van der Waals surface area contributed by atoms with Crippen LogP contribution in [0.5, 0.6) is 5.75 Å². The summed E-state index contributed by atoms with van der Waals surface area (Å²) >= 11 is 5.76. The minimum Gasteiger partial charge on any atom is -0.497 e. The number of halogens is 1. The van der Waals surface area contributed by atoms with Gasteiger partial charge in [0.15, 0.2) is 12.4 Å². The number of ketones is 1. The van der Waals surface area contributed by atoms with Gasteiger partial charge in [-0.25, -0.2) is 4.79 Å². The van der Waals surface area contributed by atoms with Crippen molar-refractivity contribution in [2.24, 2.45) is 0 Å². The average Bonchev–Trinajstić information content (AvgIpc) is 2.70. The number of nitrogens with one attached hydrogen (secondary N) is 2. The lowest BCUT2D eigenvalue weighted by Gasteiger charge is -2.16. The van der Waals surface area contributed by atoms with Crippen molar-refractivity contribution in [3.63, 3.8) is 0 Å². The van der Waals surface area contributed by atoms with Crippen molar-refractivity contribution in [1.29, 1.82) is 0 Å². The average molecular weight is 419 g/mol. The highest BCUT2D eigenvalue weighted by molar-refractivity contribution is 6.30. The molecule has 0 radical (unpaired) electrons. The highest BCUT2D eigenvalue weighted by atomic mass is 35.5. The van der Waals surface area contributed by atoms with Crippen molar-refractivity contribution >= 4 is 40.9 Å². The summed E-state index contributed by atoms with van der Waals surface area (Å²) in [4.78, 5) is 48.3. The van der Waals surface area contributed by atoms with E-state index < -0.39 is 36.2 Å². The van der Waals surface area contributed by atoms with Gasteiger partial charge in [-0.05, 0) is 48.5 Å².